The number of likely N-dealkylation sites (N-methyl/N-ethyl adjacent to an activating group) is 1. The molecule has 0 bridgehead atoms. The van der Waals surface area contributed by atoms with Crippen molar-refractivity contribution in [3.63, 3.8) is 0 Å². The molecule has 0 saturated carbocycles. The first-order valence-electron chi connectivity index (χ1n) is 6.97. The fraction of sp³-hybridized carbons (Fsp3) is 0.750. The summed E-state index contributed by atoms with van der Waals surface area (Å²) in [6.07, 6.45) is 2.60. The number of hydrogen-bond acceptors (Lipinski definition) is 5. The highest BCUT2D eigenvalue weighted by Crippen LogP contribution is 2.18. The van der Waals surface area contributed by atoms with E-state index in [1.165, 1.54) is 4.31 Å². The molecule has 0 unspecified atom stereocenters. The number of nitrogens with one attached hydrogen (secondary N) is 2. The summed E-state index contributed by atoms with van der Waals surface area (Å²) in [6, 6.07) is 0. The first-order chi connectivity index (χ1) is 9.55. The van der Waals surface area contributed by atoms with E-state index < -0.39 is 10.0 Å². The average molecular weight is 301 g/mol. The lowest BCUT2D eigenvalue weighted by Gasteiger charge is -2.31. The molecule has 7 nitrogen and oxygen atoms in total. The molecular formula is C12H23N5O2S. The van der Waals surface area contributed by atoms with Gasteiger partial charge in [0, 0.05) is 38.3 Å². The summed E-state index contributed by atoms with van der Waals surface area (Å²) in [5.74, 6) is 0. The Kier molecular flexibility index (Phi) is 5.14. The number of aromatic amines is 1. The van der Waals surface area contributed by atoms with Crippen molar-refractivity contribution in [1.82, 2.24) is 24.7 Å². The number of aromatic nitrogens is 2. The van der Waals surface area contributed by atoms with Crippen molar-refractivity contribution in [1.29, 1.82) is 0 Å². The van der Waals surface area contributed by atoms with Gasteiger partial charge >= 0.3 is 0 Å². The molecule has 1 saturated heterocycles. The smallest absolute Gasteiger partial charge is 0.260 e. The Hall–Kier alpha value is -0.960. The Morgan fingerprint density at radius 3 is 2.70 bits per heavy atom. The summed E-state index contributed by atoms with van der Waals surface area (Å²) in [6.45, 7) is 6.03. The van der Waals surface area contributed by atoms with Crippen LogP contribution in [0.3, 0.4) is 0 Å². The monoisotopic (exact) mass is 301 g/mol. The summed E-state index contributed by atoms with van der Waals surface area (Å²) in [5, 5.41) is 9.98. The minimum Gasteiger partial charge on any atom is -0.313 e. The Morgan fingerprint density at radius 2 is 2.05 bits per heavy atom. The summed E-state index contributed by atoms with van der Waals surface area (Å²) in [4.78, 5) is 2.13. The van der Waals surface area contributed by atoms with Crippen LogP contribution in [-0.4, -0.2) is 67.6 Å². The molecule has 2 rings (SSSR count). The van der Waals surface area contributed by atoms with Crippen LogP contribution in [0.4, 0.5) is 0 Å². The quantitative estimate of drug-likeness (QED) is 0.714. The number of rotatable bonds is 6. The number of nitrogens with zero attached hydrogens (tertiary/aromatic N) is 3. The number of H-pyrrole nitrogens is 1. The van der Waals surface area contributed by atoms with Crippen molar-refractivity contribution in [2.24, 2.45) is 0 Å². The van der Waals surface area contributed by atoms with Crippen molar-refractivity contribution >= 4 is 10.0 Å². The van der Waals surface area contributed by atoms with E-state index in [1.54, 1.807) is 6.20 Å². The minimum absolute atomic E-state index is 0.227. The first kappa shape index (κ1) is 15.4. The van der Waals surface area contributed by atoms with E-state index in [0.717, 1.165) is 26.1 Å². The predicted molar refractivity (Wildman–Crippen MR) is 76.8 cm³/mol. The van der Waals surface area contributed by atoms with Crippen LogP contribution in [-0.2, 0) is 16.6 Å². The van der Waals surface area contributed by atoms with Crippen LogP contribution < -0.4 is 5.32 Å². The SMILES string of the molecule is CCCNCc1cn[nH]c1S(=O)(=O)N1CCN(C)CC1. The molecule has 0 amide bonds. The van der Waals surface area contributed by atoms with Crippen molar-refractivity contribution in [3.8, 4) is 0 Å². The number of sulfonamides is 1. The van der Waals surface area contributed by atoms with Gasteiger partial charge in [-0.1, -0.05) is 6.92 Å². The number of hydrogen-bond donors (Lipinski definition) is 2. The highest BCUT2D eigenvalue weighted by atomic mass is 32.2. The Morgan fingerprint density at radius 1 is 1.35 bits per heavy atom. The van der Waals surface area contributed by atoms with Crippen molar-refractivity contribution < 1.29 is 8.42 Å². The maximum Gasteiger partial charge on any atom is 0.260 e. The molecule has 0 spiro atoms. The van der Waals surface area contributed by atoms with E-state index in [9.17, 15) is 8.42 Å². The summed E-state index contributed by atoms with van der Waals surface area (Å²) in [7, 11) is -1.46. The second-order valence-corrected chi connectivity index (χ2v) is 6.98. The van der Waals surface area contributed by atoms with Crippen LogP contribution in [0.1, 0.15) is 18.9 Å². The van der Waals surface area contributed by atoms with Gasteiger partial charge in [0.25, 0.3) is 10.0 Å². The number of piperazine rings is 1. The van der Waals surface area contributed by atoms with Crippen molar-refractivity contribution in [2.75, 3.05) is 39.8 Å². The molecule has 8 heteroatoms. The third-order valence-corrected chi connectivity index (χ3v) is 5.39. The molecule has 114 valence electrons. The normalized spacial score (nSPS) is 18.5. The van der Waals surface area contributed by atoms with Crippen LogP contribution >= 0.6 is 0 Å². The van der Waals surface area contributed by atoms with Crippen molar-refractivity contribution in [2.45, 2.75) is 24.9 Å². The highest BCUT2D eigenvalue weighted by Gasteiger charge is 2.30. The zero-order valence-corrected chi connectivity index (χ0v) is 12.9. The van der Waals surface area contributed by atoms with Crippen LogP contribution in [0.15, 0.2) is 11.2 Å². The summed E-state index contributed by atoms with van der Waals surface area (Å²) < 4.78 is 26.8. The van der Waals surface area contributed by atoms with Crippen LogP contribution in [0.2, 0.25) is 0 Å². The molecule has 0 aliphatic carbocycles. The van der Waals surface area contributed by atoms with Gasteiger partial charge in [0.05, 0.1) is 6.20 Å². The fourth-order valence-electron chi connectivity index (χ4n) is 2.21. The average Bonchev–Trinajstić information content (AvgIpc) is 2.89. The first-order valence-corrected chi connectivity index (χ1v) is 8.41. The van der Waals surface area contributed by atoms with Crippen molar-refractivity contribution in [3.05, 3.63) is 11.8 Å². The summed E-state index contributed by atoms with van der Waals surface area (Å²) in [5.41, 5.74) is 0.706. The van der Waals surface area contributed by atoms with E-state index in [1.807, 2.05) is 7.05 Å². The van der Waals surface area contributed by atoms with Gasteiger partial charge in [-0.25, -0.2) is 8.42 Å². The molecule has 1 aliphatic rings. The summed E-state index contributed by atoms with van der Waals surface area (Å²) >= 11 is 0. The maximum absolute atomic E-state index is 12.6. The van der Waals surface area contributed by atoms with Gasteiger partial charge in [-0.2, -0.15) is 9.40 Å². The Labute approximate surface area is 120 Å². The minimum atomic E-state index is -3.46. The lowest BCUT2D eigenvalue weighted by Crippen LogP contribution is -2.47. The van der Waals surface area contributed by atoms with Crippen LogP contribution in [0, 0.1) is 0 Å². The molecule has 1 fully saturated rings. The van der Waals surface area contributed by atoms with Crippen LogP contribution in [0.5, 0.6) is 0 Å². The molecule has 20 heavy (non-hydrogen) atoms. The largest absolute Gasteiger partial charge is 0.313 e. The highest BCUT2D eigenvalue weighted by molar-refractivity contribution is 7.89. The van der Waals surface area contributed by atoms with Gasteiger partial charge in [-0.05, 0) is 20.0 Å². The molecular weight excluding hydrogens is 278 g/mol. The van der Waals surface area contributed by atoms with Gasteiger partial charge in [0.1, 0.15) is 0 Å². The lowest BCUT2D eigenvalue weighted by atomic mass is 10.3. The third kappa shape index (κ3) is 3.38. The van der Waals surface area contributed by atoms with Gasteiger partial charge in [-0.3, -0.25) is 5.10 Å². The Balaban J connectivity index is 2.11. The van der Waals surface area contributed by atoms with Gasteiger partial charge in [0.15, 0.2) is 5.03 Å². The molecule has 1 aromatic heterocycles. The Bertz CT molecular complexity index is 520. The topological polar surface area (TPSA) is 81.3 Å². The molecule has 1 aromatic rings. The predicted octanol–water partition coefficient (Wildman–Crippen LogP) is -0.155. The maximum atomic E-state index is 12.6. The van der Waals surface area contributed by atoms with Crippen LogP contribution in [0.25, 0.3) is 0 Å². The molecule has 2 heterocycles. The van der Waals surface area contributed by atoms with E-state index >= 15 is 0 Å². The third-order valence-electron chi connectivity index (χ3n) is 3.48. The van der Waals surface area contributed by atoms with E-state index in [-0.39, 0.29) is 5.03 Å². The van der Waals surface area contributed by atoms with E-state index in [4.69, 9.17) is 0 Å². The van der Waals surface area contributed by atoms with E-state index in [0.29, 0.717) is 25.2 Å². The lowest BCUT2D eigenvalue weighted by molar-refractivity contribution is 0.222. The van der Waals surface area contributed by atoms with Gasteiger partial charge in [0.2, 0.25) is 0 Å². The fourth-order valence-corrected chi connectivity index (χ4v) is 3.73. The molecule has 2 N–H and O–H groups in total. The molecule has 0 atom stereocenters. The zero-order valence-electron chi connectivity index (χ0n) is 12.1. The second kappa shape index (κ2) is 6.66. The zero-order chi connectivity index (χ0) is 14.6. The van der Waals surface area contributed by atoms with Gasteiger partial charge in [-0.15, -0.1) is 0 Å². The molecule has 0 radical (unpaired) electrons. The van der Waals surface area contributed by atoms with E-state index in [2.05, 4.69) is 27.3 Å². The standard InChI is InChI=1S/C12H23N5O2S/c1-3-4-13-9-11-10-14-15-12(11)20(18,19)17-7-5-16(2)6-8-17/h10,13H,3-9H2,1-2H3,(H,14,15). The second-order valence-electron chi connectivity index (χ2n) is 5.11. The molecule has 0 aromatic carbocycles. The molecule has 1 aliphatic heterocycles. The van der Waals surface area contributed by atoms with Gasteiger partial charge < -0.3 is 10.2 Å².